The Morgan fingerprint density at radius 3 is 2.43 bits per heavy atom. The van der Waals surface area contributed by atoms with Crippen LogP contribution in [0.25, 0.3) is 0 Å². The summed E-state index contributed by atoms with van der Waals surface area (Å²) in [6.45, 7) is 10.6. The van der Waals surface area contributed by atoms with E-state index in [0.29, 0.717) is 12.4 Å². The number of carbonyl (C=O) groups is 3. The summed E-state index contributed by atoms with van der Waals surface area (Å²) in [5.41, 5.74) is -0.216. The van der Waals surface area contributed by atoms with Crippen molar-refractivity contribution in [3.05, 3.63) is 60.9 Å². The zero-order chi connectivity index (χ0) is 27.4. The molecule has 0 radical (unpaired) electrons. The van der Waals surface area contributed by atoms with Gasteiger partial charge in [-0.25, -0.2) is 9.78 Å². The van der Waals surface area contributed by atoms with Crippen molar-refractivity contribution < 1.29 is 38.1 Å². The standard InChI is InChI=1S/C27H34N2O8/c1-7-16-34-21(8-2)24(37-20-12-10-9-11-13-20)18(4)35-27(32)17(3)29-26(31)23-25(36-19(5)30)22(33-6)14-15-28-23/h8-15,17-18,21,24H,2,7,16H2,1,3-6H3,(H,29,31)/t17-,18-,21-,24-/m0/s1. The van der Waals surface area contributed by atoms with Gasteiger partial charge >= 0.3 is 11.9 Å². The first-order valence-electron chi connectivity index (χ1n) is 11.9. The lowest BCUT2D eigenvalue weighted by Gasteiger charge is -2.31. The van der Waals surface area contributed by atoms with Crippen molar-refractivity contribution in [2.75, 3.05) is 13.7 Å². The molecule has 37 heavy (non-hydrogen) atoms. The third-order valence-corrected chi connectivity index (χ3v) is 5.10. The number of nitrogens with one attached hydrogen (secondary N) is 1. The first-order chi connectivity index (χ1) is 17.7. The average molecular weight is 515 g/mol. The number of nitrogens with zero attached hydrogens (tertiary/aromatic N) is 1. The fourth-order valence-corrected chi connectivity index (χ4v) is 3.31. The Kier molecular flexibility index (Phi) is 11.6. The Morgan fingerprint density at radius 2 is 1.84 bits per heavy atom. The summed E-state index contributed by atoms with van der Waals surface area (Å²) in [5.74, 6) is -1.55. The number of hydrogen-bond acceptors (Lipinski definition) is 9. The molecule has 0 fully saturated rings. The molecule has 1 amide bonds. The fraction of sp³-hybridized carbons (Fsp3) is 0.407. The number of pyridine rings is 1. The van der Waals surface area contributed by atoms with Crippen molar-refractivity contribution in [3.63, 3.8) is 0 Å². The van der Waals surface area contributed by atoms with E-state index in [2.05, 4.69) is 16.9 Å². The number of ether oxygens (including phenoxy) is 5. The maximum atomic E-state index is 12.9. The lowest BCUT2D eigenvalue weighted by Crippen LogP contribution is -2.47. The van der Waals surface area contributed by atoms with Crippen LogP contribution >= 0.6 is 0 Å². The highest BCUT2D eigenvalue weighted by atomic mass is 16.6. The Morgan fingerprint density at radius 1 is 1.14 bits per heavy atom. The minimum Gasteiger partial charge on any atom is -0.493 e. The summed E-state index contributed by atoms with van der Waals surface area (Å²) < 4.78 is 27.9. The molecule has 1 N–H and O–H groups in total. The second kappa shape index (κ2) is 14.6. The highest BCUT2D eigenvalue weighted by Crippen LogP contribution is 2.29. The third kappa shape index (κ3) is 8.60. The number of rotatable bonds is 14. The van der Waals surface area contributed by atoms with Gasteiger partial charge in [-0.3, -0.25) is 9.59 Å². The number of benzene rings is 1. The zero-order valence-electron chi connectivity index (χ0n) is 21.8. The normalized spacial score (nSPS) is 13.9. The number of methoxy groups -OCH3 is 1. The first kappa shape index (κ1) is 29.3. The molecule has 10 nitrogen and oxygen atoms in total. The molecule has 0 saturated heterocycles. The maximum absolute atomic E-state index is 12.9. The Balaban J connectivity index is 2.15. The van der Waals surface area contributed by atoms with E-state index in [9.17, 15) is 14.4 Å². The zero-order valence-corrected chi connectivity index (χ0v) is 21.8. The Labute approximate surface area is 216 Å². The van der Waals surface area contributed by atoms with E-state index in [4.69, 9.17) is 23.7 Å². The van der Waals surface area contributed by atoms with E-state index >= 15 is 0 Å². The highest BCUT2D eigenvalue weighted by Gasteiger charge is 2.32. The van der Waals surface area contributed by atoms with Gasteiger partial charge < -0.3 is 29.0 Å². The van der Waals surface area contributed by atoms with Gasteiger partial charge in [0, 0.05) is 25.8 Å². The number of hydrogen-bond donors (Lipinski definition) is 1. The predicted molar refractivity (Wildman–Crippen MR) is 136 cm³/mol. The van der Waals surface area contributed by atoms with Crippen LogP contribution in [0.3, 0.4) is 0 Å². The molecule has 10 heteroatoms. The van der Waals surface area contributed by atoms with Gasteiger partial charge in [-0.1, -0.05) is 31.2 Å². The molecular weight excluding hydrogens is 480 g/mol. The van der Waals surface area contributed by atoms with Gasteiger partial charge in [-0.2, -0.15) is 0 Å². The smallest absolute Gasteiger partial charge is 0.328 e. The largest absolute Gasteiger partial charge is 0.493 e. The van der Waals surface area contributed by atoms with Gasteiger partial charge in [-0.05, 0) is 32.4 Å². The molecule has 0 unspecified atom stereocenters. The van der Waals surface area contributed by atoms with E-state index < -0.39 is 42.2 Å². The van der Waals surface area contributed by atoms with Crippen LogP contribution in [0.2, 0.25) is 0 Å². The van der Waals surface area contributed by atoms with Crippen LogP contribution in [0.1, 0.15) is 44.6 Å². The van der Waals surface area contributed by atoms with E-state index in [0.717, 1.165) is 6.42 Å². The number of amides is 1. The molecule has 0 aliphatic rings. The van der Waals surface area contributed by atoms with Crippen LogP contribution in [0, 0.1) is 0 Å². The minimum absolute atomic E-state index is 0.141. The van der Waals surface area contributed by atoms with Gasteiger partial charge in [0.05, 0.1) is 7.11 Å². The fourth-order valence-electron chi connectivity index (χ4n) is 3.31. The second-order valence-electron chi connectivity index (χ2n) is 8.09. The molecule has 0 spiro atoms. The highest BCUT2D eigenvalue weighted by molar-refractivity contribution is 5.98. The van der Waals surface area contributed by atoms with E-state index in [1.54, 1.807) is 25.1 Å². The van der Waals surface area contributed by atoms with E-state index in [-0.39, 0.29) is 17.2 Å². The molecule has 1 aromatic heterocycles. The molecule has 0 saturated carbocycles. The topological polar surface area (TPSA) is 122 Å². The van der Waals surface area contributed by atoms with E-state index in [1.165, 1.54) is 33.2 Å². The summed E-state index contributed by atoms with van der Waals surface area (Å²) in [6, 6.07) is 9.46. The average Bonchev–Trinajstić information content (AvgIpc) is 2.88. The summed E-state index contributed by atoms with van der Waals surface area (Å²) in [4.78, 5) is 41.3. The summed E-state index contributed by atoms with van der Waals surface area (Å²) in [5, 5.41) is 2.52. The predicted octanol–water partition coefficient (Wildman–Crippen LogP) is 3.49. The molecule has 200 valence electrons. The molecule has 1 heterocycles. The van der Waals surface area contributed by atoms with Gasteiger partial charge in [0.25, 0.3) is 5.91 Å². The maximum Gasteiger partial charge on any atom is 0.328 e. The van der Waals surface area contributed by atoms with E-state index in [1.807, 2.05) is 25.1 Å². The Hall–Kier alpha value is -3.92. The van der Waals surface area contributed by atoms with Crippen LogP contribution in [-0.2, 0) is 19.1 Å². The lowest BCUT2D eigenvalue weighted by molar-refractivity contribution is -0.158. The molecule has 1 aromatic carbocycles. The third-order valence-electron chi connectivity index (χ3n) is 5.10. The van der Waals surface area contributed by atoms with Crippen LogP contribution in [0.15, 0.2) is 55.3 Å². The number of esters is 2. The van der Waals surface area contributed by atoms with Crippen molar-refractivity contribution in [2.45, 2.75) is 58.5 Å². The summed E-state index contributed by atoms with van der Waals surface area (Å²) in [7, 11) is 1.36. The molecule has 4 atom stereocenters. The monoisotopic (exact) mass is 514 g/mol. The number of aromatic nitrogens is 1. The lowest BCUT2D eigenvalue weighted by atomic mass is 10.1. The first-order valence-corrected chi connectivity index (χ1v) is 11.9. The van der Waals surface area contributed by atoms with Gasteiger partial charge in [-0.15, -0.1) is 6.58 Å². The van der Waals surface area contributed by atoms with Gasteiger partial charge in [0.1, 0.15) is 24.0 Å². The van der Waals surface area contributed by atoms with Gasteiger partial charge in [0.2, 0.25) is 5.75 Å². The molecule has 2 rings (SSSR count). The van der Waals surface area contributed by atoms with Gasteiger partial charge in [0.15, 0.2) is 17.5 Å². The van der Waals surface area contributed by atoms with Crippen LogP contribution in [-0.4, -0.2) is 60.9 Å². The van der Waals surface area contributed by atoms with Crippen LogP contribution in [0.5, 0.6) is 17.2 Å². The van der Waals surface area contributed by atoms with Crippen LogP contribution < -0.4 is 19.5 Å². The molecular formula is C27H34N2O8. The SMILES string of the molecule is C=C[C@H](OCCC)[C@@H](Oc1ccccc1)[C@H](C)OC(=O)[C@H](C)NC(=O)c1nccc(OC)c1OC(C)=O. The number of carbonyl (C=O) groups excluding carboxylic acids is 3. The molecule has 0 aliphatic heterocycles. The molecule has 2 aromatic rings. The second-order valence-corrected chi connectivity index (χ2v) is 8.09. The van der Waals surface area contributed by atoms with Crippen molar-refractivity contribution >= 4 is 17.8 Å². The van der Waals surface area contributed by atoms with Crippen molar-refractivity contribution in [1.82, 2.24) is 10.3 Å². The molecule has 0 aliphatic carbocycles. The van der Waals surface area contributed by atoms with Crippen molar-refractivity contribution in [2.24, 2.45) is 0 Å². The molecule has 0 bridgehead atoms. The number of para-hydroxylation sites is 1. The van der Waals surface area contributed by atoms with Crippen LogP contribution in [0.4, 0.5) is 0 Å². The summed E-state index contributed by atoms with van der Waals surface area (Å²) >= 11 is 0. The quantitative estimate of drug-likeness (QED) is 0.298. The minimum atomic E-state index is -1.07. The van der Waals surface area contributed by atoms with Crippen molar-refractivity contribution in [1.29, 1.82) is 0 Å². The Bertz CT molecular complexity index is 1060. The van der Waals surface area contributed by atoms with Crippen molar-refractivity contribution in [3.8, 4) is 17.2 Å². The summed E-state index contributed by atoms with van der Waals surface area (Å²) in [6.07, 6.45) is 1.69.